The Hall–Kier alpha value is -1.44. The number of hydrogen-bond acceptors (Lipinski definition) is 3. The number of rotatable bonds is 5. The van der Waals surface area contributed by atoms with Crippen LogP contribution < -0.4 is 11.1 Å². The van der Waals surface area contributed by atoms with Crippen molar-refractivity contribution < 1.29 is 17.6 Å². The largest absolute Gasteiger partial charge is 0.389 e. The second kappa shape index (κ2) is 5.26. The topological polar surface area (TPSA) is 50.9 Å². The third-order valence-corrected chi connectivity index (χ3v) is 2.14. The molecule has 0 saturated carbocycles. The molecule has 0 radical (unpaired) electrons. The van der Waals surface area contributed by atoms with Crippen molar-refractivity contribution in [3.8, 4) is 0 Å². The van der Waals surface area contributed by atoms with Crippen molar-refractivity contribution in [1.29, 1.82) is 0 Å². The van der Waals surface area contributed by atoms with Gasteiger partial charge in [-0.25, -0.2) is 8.78 Å². The van der Waals surface area contributed by atoms with Crippen LogP contribution in [0.4, 0.5) is 23.2 Å². The molecule has 3 nitrogen and oxygen atoms in total. The van der Waals surface area contributed by atoms with Crippen molar-refractivity contribution in [1.82, 2.24) is 4.98 Å². The summed E-state index contributed by atoms with van der Waals surface area (Å²) < 4.78 is 49.2. The smallest absolute Gasteiger partial charge is 0.324 e. The lowest BCUT2D eigenvalue weighted by atomic mass is 10.2. The van der Waals surface area contributed by atoms with Crippen LogP contribution in [0.1, 0.15) is 5.56 Å². The zero-order chi connectivity index (χ0) is 13.1. The maximum atomic E-state index is 12.7. The molecule has 0 spiro atoms. The molecule has 0 unspecified atom stereocenters. The lowest BCUT2D eigenvalue weighted by Crippen LogP contribution is -2.35. The third kappa shape index (κ3) is 3.52. The molecule has 0 aliphatic rings. The summed E-state index contributed by atoms with van der Waals surface area (Å²) in [5.74, 6) is -4.12. The van der Waals surface area contributed by atoms with Gasteiger partial charge in [0.2, 0.25) is 0 Å². The van der Waals surface area contributed by atoms with E-state index in [2.05, 4.69) is 22.5 Å². The fourth-order valence-electron chi connectivity index (χ4n) is 1.04. The van der Waals surface area contributed by atoms with Gasteiger partial charge in [0.15, 0.2) is 0 Å². The van der Waals surface area contributed by atoms with Crippen LogP contribution in [0.15, 0.2) is 18.5 Å². The fourth-order valence-corrected chi connectivity index (χ4v) is 1.22. The maximum Gasteiger partial charge on any atom is 0.324 e. The number of pyridine rings is 1. The van der Waals surface area contributed by atoms with Crippen LogP contribution in [0.2, 0.25) is 0 Å². The van der Waals surface area contributed by atoms with Crippen LogP contribution in [0, 0.1) is 0 Å². The number of alkyl halides is 4. The van der Waals surface area contributed by atoms with Crippen LogP contribution in [0.25, 0.3) is 0 Å². The number of nitrogens with two attached hydrogens (primary N) is 1. The van der Waals surface area contributed by atoms with E-state index in [1.807, 2.05) is 0 Å². The summed E-state index contributed by atoms with van der Waals surface area (Å²) in [5.41, 5.74) is 5.72. The van der Waals surface area contributed by atoms with Gasteiger partial charge in [0, 0.05) is 11.8 Å². The molecule has 0 bridgehead atoms. The molecule has 0 amide bonds. The second-order valence-corrected chi connectivity index (χ2v) is 3.64. The number of hydrogen-bond donors (Lipinski definition) is 2. The Morgan fingerprint density at radius 2 is 2.18 bits per heavy atom. The van der Waals surface area contributed by atoms with E-state index in [0.717, 1.165) is 0 Å². The molecular formula is C9H9F4N3S. The normalized spacial score (nSPS) is 11.6. The van der Waals surface area contributed by atoms with E-state index in [1.165, 1.54) is 18.5 Å². The predicted octanol–water partition coefficient (Wildman–Crippen LogP) is 2.03. The van der Waals surface area contributed by atoms with Crippen molar-refractivity contribution in [2.24, 2.45) is 5.73 Å². The molecule has 8 heteroatoms. The summed E-state index contributed by atoms with van der Waals surface area (Å²) in [4.78, 5) is 3.63. The Balaban J connectivity index is 2.79. The lowest BCUT2D eigenvalue weighted by molar-refractivity contribution is -0.117. The third-order valence-electron chi connectivity index (χ3n) is 1.92. The lowest BCUT2D eigenvalue weighted by Gasteiger charge is -2.17. The Kier molecular flexibility index (Phi) is 4.22. The monoisotopic (exact) mass is 267 g/mol. The Morgan fingerprint density at radius 3 is 2.71 bits per heavy atom. The van der Waals surface area contributed by atoms with Crippen LogP contribution in [0.3, 0.4) is 0 Å². The predicted molar refractivity (Wildman–Crippen MR) is 59.6 cm³/mol. The SMILES string of the molecule is NC(=S)c1ccncc1NCC(F)(F)C(F)F. The number of nitrogens with one attached hydrogen (secondary N) is 1. The molecule has 0 fully saturated rings. The molecular weight excluding hydrogens is 258 g/mol. The summed E-state index contributed by atoms with van der Waals surface area (Å²) in [6.45, 7) is -1.22. The standard InChI is InChI=1S/C9H9F4N3S/c10-8(11)9(12,13)4-16-6-3-15-2-1-5(6)7(14)17/h1-3,8,16H,4H2,(H2,14,17). The highest BCUT2D eigenvalue weighted by Gasteiger charge is 2.40. The van der Waals surface area contributed by atoms with Gasteiger partial charge in [0.25, 0.3) is 0 Å². The van der Waals surface area contributed by atoms with Crippen LogP contribution in [-0.2, 0) is 0 Å². The molecule has 1 aromatic heterocycles. The van der Waals surface area contributed by atoms with Crippen molar-refractivity contribution in [3.05, 3.63) is 24.0 Å². The van der Waals surface area contributed by atoms with Crippen LogP contribution in [-0.4, -0.2) is 28.9 Å². The molecule has 0 atom stereocenters. The van der Waals surface area contributed by atoms with Gasteiger partial charge in [-0.05, 0) is 6.07 Å². The molecule has 1 rings (SSSR count). The Morgan fingerprint density at radius 1 is 1.53 bits per heavy atom. The van der Waals surface area contributed by atoms with E-state index in [9.17, 15) is 17.6 Å². The summed E-state index contributed by atoms with van der Waals surface area (Å²) in [6, 6.07) is 1.41. The van der Waals surface area contributed by atoms with Gasteiger partial charge in [-0.1, -0.05) is 12.2 Å². The van der Waals surface area contributed by atoms with E-state index in [0.29, 0.717) is 0 Å². The zero-order valence-electron chi connectivity index (χ0n) is 8.46. The summed E-state index contributed by atoms with van der Waals surface area (Å²) >= 11 is 4.68. The first-order valence-corrected chi connectivity index (χ1v) is 4.89. The minimum Gasteiger partial charge on any atom is -0.389 e. The summed E-state index contributed by atoms with van der Waals surface area (Å²) in [6.07, 6.45) is -1.18. The molecule has 0 aromatic carbocycles. The van der Waals surface area contributed by atoms with Crippen molar-refractivity contribution in [2.45, 2.75) is 12.3 Å². The minimum atomic E-state index is -4.12. The van der Waals surface area contributed by atoms with Crippen LogP contribution in [0.5, 0.6) is 0 Å². The average Bonchev–Trinajstić information content (AvgIpc) is 2.26. The number of halogens is 4. The zero-order valence-corrected chi connectivity index (χ0v) is 9.28. The number of nitrogens with zero attached hydrogens (tertiary/aromatic N) is 1. The Labute approximate surface area is 100 Å². The van der Waals surface area contributed by atoms with Gasteiger partial charge in [0.05, 0.1) is 18.4 Å². The summed E-state index contributed by atoms with van der Waals surface area (Å²) in [5, 5.41) is 2.16. The van der Waals surface area contributed by atoms with E-state index < -0.39 is 18.9 Å². The van der Waals surface area contributed by atoms with E-state index >= 15 is 0 Å². The van der Waals surface area contributed by atoms with Gasteiger partial charge in [-0.2, -0.15) is 8.78 Å². The first-order chi connectivity index (χ1) is 7.84. The van der Waals surface area contributed by atoms with Crippen LogP contribution >= 0.6 is 12.2 Å². The molecule has 3 N–H and O–H groups in total. The molecule has 0 aliphatic heterocycles. The number of aromatic nitrogens is 1. The second-order valence-electron chi connectivity index (χ2n) is 3.20. The maximum absolute atomic E-state index is 12.7. The molecule has 0 aliphatic carbocycles. The van der Waals surface area contributed by atoms with E-state index in [1.54, 1.807) is 0 Å². The molecule has 0 saturated heterocycles. The highest BCUT2D eigenvalue weighted by atomic mass is 32.1. The molecule has 1 heterocycles. The first-order valence-electron chi connectivity index (χ1n) is 4.48. The van der Waals surface area contributed by atoms with Gasteiger partial charge < -0.3 is 11.1 Å². The van der Waals surface area contributed by atoms with Gasteiger partial charge >= 0.3 is 12.3 Å². The van der Waals surface area contributed by atoms with E-state index in [4.69, 9.17) is 5.73 Å². The molecule has 94 valence electrons. The first kappa shape index (κ1) is 13.6. The Bertz CT molecular complexity index is 411. The fraction of sp³-hybridized carbons (Fsp3) is 0.333. The van der Waals surface area contributed by atoms with Crippen molar-refractivity contribution in [2.75, 3.05) is 11.9 Å². The highest BCUT2D eigenvalue weighted by molar-refractivity contribution is 7.80. The van der Waals surface area contributed by atoms with Crippen molar-refractivity contribution >= 4 is 22.9 Å². The summed E-state index contributed by atoms with van der Waals surface area (Å²) in [7, 11) is 0. The highest BCUT2D eigenvalue weighted by Crippen LogP contribution is 2.24. The number of thiocarbonyl (C=S) groups is 1. The van der Waals surface area contributed by atoms with Gasteiger partial charge in [0.1, 0.15) is 4.99 Å². The molecule has 17 heavy (non-hydrogen) atoms. The quantitative estimate of drug-likeness (QED) is 0.633. The van der Waals surface area contributed by atoms with Gasteiger partial charge in [-0.15, -0.1) is 0 Å². The molecule has 1 aromatic rings. The van der Waals surface area contributed by atoms with Gasteiger partial charge in [-0.3, -0.25) is 4.98 Å². The minimum absolute atomic E-state index is 0.0322. The average molecular weight is 267 g/mol. The van der Waals surface area contributed by atoms with E-state index in [-0.39, 0.29) is 16.2 Å². The number of anilines is 1. The van der Waals surface area contributed by atoms with Crippen molar-refractivity contribution in [3.63, 3.8) is 0 Å².